The van der Waals surface area contributed by atoms with Crippen LogP contribution in [0.15, 0.2) is 0 Å². The number of hydrogen-bond donors (Lipinski definition) is 2. The summed E-state index contributed by atoms with van der Waals surface area (Å²) in [6.07, 6.45) is 3.66. The van der Waals surface area contributed by atoms with Crippen molar-refractivity contribution < 1.29 is 14.7 Å². The topological polar surface area (TPSA) is 83.6 Å². The molecule has 5 nitrogen and oxygen atoms in total. The fraction of sp³-hybridized carbons (Fsp3) is 0.800. The number of aliphatic carboxylic acids is 1. The van der Waals surface area contributed by atoms with Crippen LogP contribution in [0.1, 0.15) is 32.1 Å². The van der Waals surface area contributed by atoms with Crippen LogP contribution in [0.2, 0.25) is 0 Å². The molecule has 1 aliphatic heterocycles. The van der Waals surface area contributed by atoms with Crippen LogP contribution in [0.5, 0.6) is 0 Å². The molecule has 15 heavy (non-hydrogen) atoms. The van der Waals surface area contributed by atoms with Crippen molar-refractivity contribution in [3.8, 4) is 0 Å². The summed E-state index contributed by atoms with van der Waals surface area (Å²) in [7, 11) is 0. The van der Waals surface area contributed by atoms with Crippen LogP contribution in [0, 0.1) is 0 Å². The van der Waals surface area contributed by atoms with Gasteiger partial charge >= 0.3 is 5.97 Å². The van der Waals surface area contributed by atoms with Gasteiger partial charge in [-0.25, -0.2) is 4.79 Å². The molecule has 0 aromatic carbocycles. The van der Waals surface area contributed by atoms with Crippen LogP contribution in [0.3, 0.4) is 0 Å². The van der Waals surface area contributed by atoms with Crippen molar-refractivity contribution in [2.24, 2.45) is 5.73 Å². The Balaban J connectivity index is 2.09. The number of hydrogen-bond acceptors (Lipinski definition) is 3. The summed E-state index contributed by atoms with van der Waals surface area (Å²) >= 11 is 0. The van der Waals surface area contributed by atoms with Crippen molar-refractivity contribution in [2.75, 3.05) is 6.54 Å². The van der Waals surface area contributed by atoms with Crippen molar-refractivity contribution in [1.82, 2.24) is 4.90 Å². The number of carboxylic acids is 1. The zero-order valence-electron chi connectivity index (χ0n) is 8.61. The van der Waals surface area contributed by atoms with E-state index in [4.69, 9.17) is 10.8 Å². The largest absolute Gasteiger partial charge is 0.480 e. The highest BCUT2D eigenvalue weighted by molar-refractivity contribution is 5.91. The van der Waals surface area contributed by atoms with E-state index in [1.807, 2.05) is 0 Å². The predicted molar refractivity (Wildman–Crippen MR) is 53.1 cm³/mol. The van der Waals surface area contributed by atoms with Crippen LogP contribution in [0.25, 0.3) is 0 Å². The van der Waals surface area contributed by atoms with Crippen LogP contribution < -0.4 is 5.73 Å². The molecule has 2 rings (SSSR count). The van der Waals surface area contributed by atoms with Crippen molar-refractivity contribution in [3.05, 3.63) is 0 Å². The van der Waals surface area contributed by atoms with Crippen LogP contribution >= 0.6 is 0 Å². The van der Waals surface area contributed by atoms with E-state index in [-0.39, 0.29) is 5.91 Å². The molecule has 0 aromatic rings. The maximum atomic E-state index is 12.0. The van der Waals surface area contributed by atoms with Gasteiger partial charge in [-0.15, -0.1) is 0 Å². The third-order valence-corrected chi connectivity index (χ3v) is 3.47. The monoisotopic (exact) mass is 212 g/mol. The van der Waals surface area contributed by atoms with Gasteiger partial charge in [-0.1, -0.05) is 0 Å². The van der Waals surface area contributed by atoms with E-state index in [0.29, 0.717) is 25.8 Å². The molecular formula is C10H16N2O3. The molecule has 2 fully saturated rings. The highest BCUT2D eigenvalue weighted by atomic mass is 16.4. The summed E-state index contributed by atoms with van der Waals surface area (Å²) in [6.45, 7) is 0.536. The fourth-order valence-corrected chi connectivity index (χ4v) is 2.32. The van der Waals surface area contributed by atoms with Gasteiger partial charge in [0.15, 0.2) is 0 Å². The van der Waals surface area contributed by atoms with Gasteiger partial charge < -0.3 is 15.7 Å². The Kier molecular flexibility index (Phi) is 2.42. The van der Waals surface area contributed by atoms with E-state index in [9.17, 15) is 9.59 Å². The molecule has 0 unspecified atom stereocenters. The van der Waals surface area contributed by atoms with E-state index in [0.717, 1.165) is 12.8 Å². The van der Waals surface area contributed by atoms with Gasteiger partial charge in [0.05, 0.1) is 5.54 Å². The molecule has 0 aromatic heterocycles. The van der Waals surface area contributed by atoms with Crippen molar-refractivity contribution >= 4 is 11.9 Å². The van der Waals surface area contributed by atoms with Gasteiger partial charge in [-0.3, -0.25) is 4.79 Å². The second-order valence-corrected chi connectivity index (χ2v) is 4.50. The molecule has 1 saturated heterocycles. The molecule has 5 heteroatoms. The molecule has 2 aliphatic rings. The molecule has 1 atom stereocenters. The van der Waals surface area contributed by atoms with Gasteiger partial charge in [-0.05, 0) is 32.1 Å². The first-order valence-corrected chi connectivity index (χ1v) is 5.37. The first-order valence-electron chi connectivity index (χ1n) is 5.37. The average Bonchev–Trinajstić information content (AvgIpc) is 2.61. The van der Waals surface area contributed by atoms with Crippen molar-refractivity contribution in [3.63, 3.8) is 0 Å². The Bertz CT molecular complexity index is 299. The standard InChI is InChI=1S/C10H16N2O3/c11-10(4-2-5-10)9(15)12-6-1-3-7(12)8(13)14/h7H,1-6,11H2,(H,13,14)/t7-/m0/s1. The number of nitrogens with zero attached hydrogens (tertiary/aromatic N) is 1. The van der Waals surface area contributed by atoms with Crippen molar-refractivity contribution in [2.45, 2.75) is 43.7 Å². The summed E-state index contributed by atoms with van der Waals surface area (Å²) < 4.78 is 0. The van der Waals surface area contributed by atoms with Gasteiger partial charge in [0.1, 0.15) is 6.04 Å². The summed E-state index contributed by atoms with van der Waals surface area (Å²) in [5.41, 5.74) is 5.14. The average molecular weight is 212 g/mol. The Labute approximate surface area is 88.2 Å². The smallest absolute Gasteiger partial charge is 0.326 e. The minimum absolute atomic E-state index is 0.168. The van der Waals surface area contributed by atoms with Crippen LogP contribution in [-0.4, -0.2) is 40.0 Å². The lowest BCUT2D eigenvalue weighted by atomic mass is 9.76. The molecule has 0 radical (unpaired) electrons. The summed E-state index contributed by atoms with van der Waals surface area (Å²) in [5.74, 6) is -1.08. The Hall–Kier alpha value is -1.10. The normalized spacial score (nSPS) is 28.6. The summed E-state index contributed by atoms with van der Waals surface area (Å²) in [6, 6.07) is -0.654. The molecule has 1 heterocycles. The molecule has 1 saturated carbocycles. The lowest BCUT2D eigenvalue weighted by Gasteiger charge is -2.40. The van der Waals surface area contributed by atoms with E-state index < -0.39 is 17.6 Å². The molecule has 0 spiro atoms. The van der Waals surface area contributed by atoms with E-state index in [2.05, 4.69) is 0 Å². The highest BCUT2D eigenvalue weighted by Gasteiger charge is 2.46. The lowest BCUT2D eigenvalue weighted by Crippen LogP contribution is -2.61. The van der Waals surface area contributed by atoms with Gasteiger partial charge in [-0.2, -0.15) is 0 Å². The van der Waals surface area contributed by atoms with E-state index in [1.165, 1.54) is 4.90 Å². The molecular weight excluding hydrogens is 196 g/mol. The highest BCUT2D eigenvalue weighted by Crippen LogP contribution is 2.33. The summed E-state index contributed by atoms with van der Waals surface area (Å²) in [5, 5.41) is 8.95. The fourth-order valence-electron chi connectivity index (χ4n) is 2.32. The predicted octanol–water partition coefficient (Wildman–Crippen LogP) is -0.0566. The third kappa shape index (κ3) is 1.61. The molecule has 3 N–H and O–H groups in total. The number of amides is 1. The second kappa shape index (κ2) is 3.48. The number of rotatable bonds is 2. The Morgan fingerprint density at radius 1 is 1.33 bits per heavy atom. The van der Waals surface area contributed by atoms with Gasteiger partial charge in [0.25, 0.3) is 0 Å². The zero-order valence-corrected chi connectivity index (χ0v) is 8.61. The lowest BCUT2D eigenvalue weighted by molar-refractivity contribution is -0.152. The quantitative estimate of drug-likeness (QED) is 0.672. The van der Waals surface area contributed by atoms with Gasteiger partial charge in [0.2, 0.25) is 5.91 Å². The number of likely N-dealkylation sites (tertiary alicyclic amines) is 1. The number of carbonyl (C=O) groups excluding carboxylic acids is 1. The number of carboxylic acid groups (broad SMARTS) is 1. The molecule has 1 aliphatic carbocycles. The minimum atomic E-state index is -0.913. The third-order valence-electron chi connectivity index (χ3n) is 3.47. The molecule has 0 bridgehead atoms. The maximum absolute atomic E-state index is 12.0. The summed E-state index contributed by atoms with van der Waals surface area (Å²) in [4.78, 5) is 24.4. The van der Waals surface area contributed by atoms with E-state index >= 15 is 0 Å². The zero-order chi connectivity index (χ0) is 11.1. The van der Waals surface area contributed by atoms with Crippen LogP contribution in [-0.2, 0) is 9.59 Å². The maximum Gasteiger partial charge on any atom is 0.326 e. The first kappa shape index (κ1) is 10.4. The Morgan fingerprint density at radius 3 is 2.47 bits per heavy atom. The minimum Gasteiger partial charge on any atom is -0.480 e. The van der Waals surface area contributed by atoms with Crippen LogP contribution in [0.4, 0.5) is 0 Å². The second-order valence-electron chi connectivity index (χ2n) is 4.50. The SMILES string of the molecule is NC1(C(=O)N2CCC[C@H]2C(=O)O)CCC1. The molecule has 84 valence electrons. The molecule has 1 amide bonds. The van der Waals surface area contributed by atoms with Crippen molar-refractivity contribution in [1.29, 1.82) is 0 Å². The number of carbonyl (C=O) groups is 2. The number of nitrogens with two attached hydrogens (primary N) is 1. The first-order chi connectivity index (χ1) is 7.04. The van der Waals surface area contributed by atoms with E-state index in [1.54, 1.807) is 0 Å². The van der Waals surface area contributed by atoms with Gasteiger partial charge in [0, 0.05) is 6.54 Å². The Morgan fingerprint density at radius 2 is 2.00 bits per heavy atom.